The molecule has 0 bridgehead atoms. The van der Waals surface area contributed by atoms with E-state index in [9.17, 15) is 0 Å². The van der Waals surface area contributed by atoms with Gasteiger partial charge in [-0.15, -0.1) is 0 Å². The molecule has 0 radical (unpaired) electrons. The predicted molar refractivity (Wildman–Crippen MR) is 104 cm³/mol. The summed E-state index contributed by atoms with van der Waals surface area (Å²) < 4.78 is 2.09. The van der Waals surface area contributed by atoms with Gasteiger partial charge in [0.25, 0.3) is 0 Å². The standard InChI is InChI=1S/C21H31N5/c1-16(2)21-23-10-12-26(21)20-14-22-13-19(24-20)17-7-6-11-25(15-17)18-8-4-3-5-9-18/h10,12-14,16-18H,3-9,11,15H2,1-2H3/t17-/m1/s1. The Morgan fingerprint density at radius 3 is 2.69 bits per heavy atom. The number of piperidine rings is 1. The first kappa shape index (κ1) is 17.7. The highest BCUT2D eigenvalue weighted by atomic mass is 15.2. The van der Waals surface area contributed by atoms with Crippen LogP contribution in [0.25, 0.3) is 5.82 Å². The van der Waals surface area contributed by atoms with Crippen LogP contribution in [-0.4, -0.2) is 43.6 Å². The van der Waals surface area contributed by atoms with Gasteiger partial charge in [0.15, 0.2) is 5.82 Å². The third kappa shape index (κ3) is 3.68. The van der Waals surface area contributed by atoms with E-state index in [0.717, 1.165) is 29.9 Å². The van der Waals surface area contributed by atoms with Crippen molar-refractivity contribution in [3.8, 4) is 5.82 Å². The van der Waals surface area contributed by atoms with Crippen molar-refractivity contribution in [1.82, 2.24) is 24.4 Å². The van der Waals surface area contributed by atoms with E-state index >= 15 is 0 Å². The molecule has 2 fully saturated rings. The van der Waals surface area contributed by atoms with Gasteiger partial charge in [0.2, 0.25) is 0 Å². The molecule has 140 valence electrons. The normalized spacial score (nSPS) is 22.8. The van der Waals surface area contributed by atoms with E-state index < -0.39 is 0 Å². The number of hydrogen-bond donors (Lipinski definition) is 0. The predicted octanol–water partition coefficient (Wildman–Crippen LogP) is 4.30. The number of imidazole rings is 1. The molecule has 3 heterocycles. The van der Waals surface area contributed by atoms with Crippen molar-refractivity contribution in [3.63, 3.8) is 0 Å². The largest absolute Gasteiger partial charge is 0.300 e. The monoisotopic (exact) mass is 353 g/mol. The van der Waals surface area contributed by atoms with E-state index in [0.29, 0.717) is 11.8 Å². The van der Waals surface area contributed by atoms with Gasteiger partial charge in [0.1, 0.15) is 5.82 Å². The quantitative estimate of drug-likeness (QED) is 0.822. The molecule has 0 aromatic carbocycles. The van der Waals surface area contributed by atoms with E-state index in [2.05, 4.69) is 33.3 Å². The van der Waals surface area contributed by atoms with E-state index in [1.807, 2.05) is 24.8 Å². The summed E-state index contributed by atoms with van der Waals surface area (Å²) in [7, 11) is 0. The number of hydrogen-bond acceptors (Lipinski definition) is 4. The Labute approximate surface area is 156 Å². The van der Waals surface area contributed by atoms with Crippen LogP contribution in [0.15, 0.2) is 24.8 Å². The van der Waals surface area contributed by atoms with Crippen LogP contribution in [0.2, 0.25) is 0 Å². The van der Waals surface area contributed by atoms with Gasteiger partial charge in [-0.05, 0) is 32.2 Å². The van der Waals surface area contributed by atoms with Gasteiger partial charge in [-0.1, -0.05) is 33.1 Å². The molecular weight excluding hydrogens is 322 g/mol. The van der Waals surface area contributed by atoms with Crippen LogP contribution in [-0.2, 0) is 0 Å². The zero-order valence-electron chi connectivity index (χ0n) is 16.1. The first-order valence-corrected chi connectivity index (χ1v) is 10.3. The summed E-state index contributed by atoms with van der Waals surface area (Å²) in [5.74, 6) is 2.82. The summed E-state index contributed by atoms with van der Waals surface area (Å²) in [5.41, 5.74) is 1.14. The molecule has 2 aromatic rings. The SMILES string of the molecule is CC(C)c1nccn1-c1cncc([C@@H]2CCCN(C3CCCCC3)C2)n1. The molecular formula is C21H31N5. The first-order chi connectivity index (χ1) is 12.7. The fourth-order valence-electron chi connectivity index (χ4n) is 4.64. The fourth-order valence-corrected chi connectivity index (χ4v) is 4.64. The Bertz CT molecular complexity index is 717. The molecule has 5 heteroatoms. The minimum atomic E-state index is 0.368. The molecule has 1 aliphatic carbocycles. The summed E-state index contributed by atoms with van der Waals surface area (Å²) in [6.07, 6.45) is 17.2. The summed E-state index contributed by atoms with van der Waals surface area (Å²) >= 11 is 0. The summed E-state index contributed by atoms with van der Waals surface area (Å²) in [4.78, 5) is 16.7. The molecule has 0 amide bonds. The molecule has 2 aliphatic rings. The van der Waals surface area contributed by atoms with E-state index in [-0.39, 0.29) is 0 Å². The number of nitrogens with zero attached hydrogens (tertiary/aromatic N) is 5. The fraction of sp³-hybridized carbons (Fsp3) is 0.667. The number of aromatic nitrogens is 4. The lowest BCUT2D eigenvalue weighted by atomic mass is 9.89. The molecule has 1 aliphatic heterocycles. The molecule has 1 saturated heterocycles. The summed E-state index contributed by atoms with van der Waals surface area (Å²) in [5, 5.41) is 0. The van der Waals surface area contributed by atoms with Crippen LogP contribution in [0.3, 0.4) is 0 Å². The van der Waals surface area contributed by atoms with Crippen molar-refractivity contribution in [1.29, 1.82) is 0 Å². The van der Waals surface area contributed by atoms with Crippen molar-refractivity contribution in [2.75, 3.05) is 13.1 Å². The smallest absolute Gasteiger partial charge is 0.156 e. The second kappa shape index (κ2) is 7.87. The second-order valence-electron chi connectivity index (χ2n) is 8.24. The molecule has 1 saturated carbocycles. The average molecular weight is 354 g/mol. The Morgan fingerprint density at radius 2 is 1.88 bits per heavy atom. The molecule has 26 heavy (non-hydrogen) atoms. The number of likely N-dealkylation sites (tertiary alicyclic amines) is 1. The molecule has 5 nitrogen and oxygen atoms in total. The Kier molecular flexibility index (Phi) is 5.34. The van der Waals surface area contributed by atoms with Crippen molar-refractivity contribution in [2.45, 2.75) is 76.7 Å². The Balaban J connectivity index is 1.53. The van der Waals surface area contributed by atoms with E-state index in [4.69, 9.17) is 4.98 Å². The summed E-state index contributed by atoms with van der Waals surface area (Å²) in [6, 6.07) is 0.795. The van der Waals surface area contributed by atoms with Crippen LogP contribution < -0.4 is 0 Å². The highest BCUT2D eigenvalue weighted by molar-refractivity contribution is 5.25. The lowest BCUT2D eigenvalue weighted by Crippen LogP contribution is -2.43. The van der Waals surface area contributed by atoms with Gasteiger partial charge in [-0.2, -0.15) is 0 Å². The topological polar surface area (TPSA) is 46.8 Å². The first-order valence-electron chi connectivity index (χ1n) is 10.3. The van der Waals surface area contributed by atoms with Crippen molar-refractivity contribution in [3.05, 3.63) is 36.3 Å². The van der Waals surface area contributed by atoms with Crippen LogP contribution in [0.5, 0.6) is 0 Å². The Hall–Kier alpha value is -1.75. The lowest BCUT2D eigenvalue weighted by Gasteiger charge is -2.39. The third-order valence-electron chi connectivity index (χ3n) is 6.04. The second-order valence-corrected chi connectivity index (χ2v) is 8.24. The highest BCUT2D eigenvalue weighted by Gasteiger charge is 2.28. The minimum Gasteiger partial charge on any atom is -0.300 e. The highest BCUT2D eigenvalue weighted by Crippen LogP contribution is 2.31. The maximum absolute atomic E-state index is 5.00. The third-order valence-corrected chi connectivity index (χ3v) is 6.04. The van der Waals surface area contributed by atoms with Gasteiger partial charge in [-0.25, -0.2) is 9.97 Å². The molecule has 1 atom stereocenters. The Morgan fingerprint density at radius 1 is 1.04 bits per heavy atom. The average Bonchev–Trinajstić information content (AvgIpc) is 3.19. The van der Waals surface area contributed by atoms with Crippen molar-refractivity contribution >= 4 is 0 Å². The lowest BCUT2D eigenvalue weighted by molar-refractivity contribution is 0.118. The zero-order chi connectivity index (χ0) is 17.9. The van der Waals surface area contributed by atoms with Gasteiger partial charge < -0.3 is 0 Å². The minimum absolute atomic E-state index is 0.368. The maximum atomic E-state index is 5.00. The molecule has 0 unspecified atom stereocenters. The van der Waals surface area contributed by atoms with Crippen molar-refractivity contribution in [2.24, 2.45) is 0 Å². The zero-order valence-corrected chi connectivity index (χ0v) is 16.1. The van der Waals surface area contributed by atoms with Crippen LogP contribution >= 0.6 is 0 Å². The van der Waals surface area contributed by atoms with Gasteiger partial charge in [0.05, 0.1) is 11.9 Å². The molecule has 2 aromatic heterocycles. The molecule has 0 spiro atoms. The van der Waals surface area contributed by atoms with E-state index in [1.165, 1.54) is 51.5 Å². The van der Waals surface area contributed by atoms with Gasteiger partial charge >= 0.3 is 0 Å². The van der Waals surface area contributed by atoms with Gasteiger partial charge in [0, 0.05) is 43.0 Å². The maximum Gasteiger partial charge on any atom is 0.156 e. The van der Waals surface area contributed by atoms with Crippen LogP contribution in [0.4, 0.5) is 0 Å². The number of rotatable bonds is 4. The molecule has 0 N–H and O–H groups in total. The molecule has 4 rings (SSSR count). The van der Waals surface area contributed by atoms with Crippen LogP contribution in [0.1, 0.15) is 82.1 Å². The van der Waals surface area contributed by atoms with Crippen molar-refractivity contribution < 1.29 is 0 Å². The van der Waals surface area contributed by atoms with E-state index in [1.54, 1.807) is 0 Å². The van der Waals surface area contributed by atoms with Gasteiger partial charge in [-0.3, -0.25) is 14.5 Å². The van der Waals surface area contributed by atoms with Crippen LogP contribution in [0, 0.1) is 0 Å². The summed E-state index contributed by atoms with van der Waals surface area (Å²) in [6.45, 7) is 6.73.